The molecule has 76 valence electrons. The Bertz CT molecular complexity index is 293. The highest BCUT2D eigenvalue weighted by atomic mass is 32.1. The maximum Gasteiger partial charge on any atom is 0.224 e. The minimum atomic E-state index is 0.144. The predicted molar refractivity (Wildman–Crippen MR) is 54.9 cm³/mol. The molecule has 1 aliphatic rings. The van der Waals surface area contributed by atoms with E-state index in [2.05, 4.69) is 15.6 Å². The summed E-state index contributed by atoms with van der Waals surface area (Å²) in [6, 6.07) is 0. The zero-order valence-electron chi connectivity index (χ0n) is 7.82. The van der Waals surface area contributed by atoms with Gasteiger partial charge in [0, 0.05) is 18.1 Å². The third kappa shape index (κ3) is 2.30. The summed E-state index contributed by atoms with van der Waals surface area (Å²) in [6.07, 6.45) is 2.70. The lowest BCUT2D eigenvalue weighted by molar-refractivity contribution is -0.124. The number of carbonyl (C=O) groups excluding carboxylic acids is 1. The molecule has 4 nitrogen and oxygen atoms in total. The van der Waals surface area contributed by atoms with Gasteiger partial charge in [-0.3, -0.25) is 4.79 Å². The van der Waals surface area contributed by atoms with Crippen LogP contribution < -0.4 is 10.6 Å². The van der Waals surface area contributed by atoms with Crippen LogP contribution in [0.5, 0.6) is 0 Å². The fourth-order valence-electron chi connectivity index (χ4n) is 1.53. The van der Waals surface area contributed by atoms with Crippen molar-refractivity contribution in [1.29, 1.82) is 0 Å². The lowest BCUT2D eigenvalue weighted by atomic mass is 10.1. The summed E-state index contributed by atoms with van der Waals surface area (Å²) in [4.78, 5) is 15.7. The van der Waals surface area contributed by atoms with Crippen molar-refractivity contribution in [3.05, 3.63) is 16.6 Å². The largest absolute Gasteiger partial charge is 0.349 e. The Balaban J connectivity index is 1.77. The predicted octanol–water partition coefficient (Wildman–Crippen LogP) is 0.369. The third-order valence-corrected chi connectivity index (χ3v) is 3.11. The van der Waals surface area contributed by atoms with Crippen molar-refractivity contribution in [3.8, 4) is 0 Å². The average molecular weight is 211 g/mol. The second kappa shape index (κ2) is 4.52. The molecule has 1 aliphatic heterocycles. The maximum absolute atomic E-state index is 11.6. The summed E-state index contributed by atoms with van der Waals surface area (Å²) >= 11 is 1.57. The maximum atomic E-state index is 11.6. The van der Waals surface area contributed by atoms with Gasteiger partial charge in [0.05, 0.1) is 12.5 Å². The molecule has 14 heavy (non-hydrogen) atoms. The summed E-state index contributed by atoms with van der Waals surface area (Å²) in [5.41, 5.74) is 0. The molecule has 0 saturated carbocycles. The van der Waals surface area contributed by atoms with Crippen LogP contribution in [0.25, 0.3) is 0 Å². The van der Waals surface area contributed by atoms with Crippen LogP contribution in [0.3, 0.4) is 0 Å². The van der Waals surface area contributed by atoms with Gasteiger partial charge < -0.3 is 10.6 Å². The van der Waals surface area contributed by atoms with Crippen LogP contribution in [0.4, 0.5) is 0 Å². The number of thiazole rings is 1. The molecule has 0 spiro atoms. The molecule has 1 saturated heterocycles. The Kier molecular flexibility index (Phi) is 3.10. The second-order valence-electron chi connectivity index (χ2n) is 3.33. The fraction of sp³-hybridized carbons (Fsp3) is 0.556. The van der Waals surface area contributed by atoms with Gasteiger partial charge in [-0.2, -0.15) is 0 Å². The quantitative estimate of drug-likeness (QED) is 0.759. The highest BCUT2D eigenvalue weighted by molar-refractivity contribution is 7.09. The molecule has 1 atom stereocenters. The lowest BCUT2D eigenvalue weighted by Crippen LogP contribution is -2.31. The van der Waals surface area contributed by atoms with E-state index in [1.54, 1.807) is 17.5 Å². The van der Waals surface area contributed by atoms with Gasteiger partial charge in [0.15, 0.2) is 0 Å². The van der Waals surface area contributed by atoms with Gasteiger partial charge in [-0.1, -0.05) is 0 Å². The van der Waals surface area contributed by atoms with Crippen LogP contribution in [0, 0.1) is 5.92 Å². The monoisotopic (exact) mass is 211 g/mol. The number of carbonyl (C=O) groups is 1. The Morgan fingerprint density at radius 3 is 3.36 bits per heavy atom. The van der Waals surface area contributed by atoms with Crippen molar-refractivity contribution in [2.45, 2.75) is 13.0 Å². The van der Waals surface area contributed by atoms with Gasteiger partial charge in [0.2, 0.25) is 5.91 Å². The molecule has 5 heteroatoms. The number of aromatic nitrogens is 1. The van der Waals surface area contributed by atoms with Crippen LogP contribution in [0.1, 0.15) is 11.4 Å². The van der Waals surface area contributed by atoms with Crippen LogP contribution in [-0.4, -0.2) is 24.0 Å². The number of nitrogens with zero attached hydrogens (tertiary/aromatic N) is 1. The topological polar surface area (TPSA) is 54.0 Å². The third-order valence-electron chi connectivity index (χ3n) is 2.33. The first-order chi connectivity index (χ1) is 6.86. The molecule has 0 aliphatic carbocycles. The first-order valence-electron chi connectivity index (χ1n) is 4.73. The van der Waals surface area contributed by atoms with Crippen molar-refractivity contribution in [1.82, 2.24) is 15.6 Å². The highest BCUT2D eigenvalue weighted by Crippen LogP contribution is 2.08. The van der Waals surface area contributed by atoms with Gasteiger partial charge in [0.1, 0.15) is 5.01 Å². The zero-order valence-corrected chi connectivity index (χ0v) is 8.64. The van der Waals surface area contributed by atoms with Crippen molar-refractivity contribution >= 4 is 17.2 Å². The van der Waals surface area contributed by atoms with Crippen molar-refractivity contribution in [2.75, 3.05) is 13.1 Å². The van der Waals surface area contributed by atoms with E-state index >= 15 is 0 Å². The minimum absolute atomic E-state index is 0.144. The molecular weight excluding hydrogens is 198 g/mol. The Labute approximate surface area is 86.7 Å². The molecule has 1 aromatic rings. The smallest absolute Gasteiger partial charge is 0.224 e. The first kappa shape index (κ1) is 9.61. The molecular formula is C9H13N3OS. The Hall–Kier alpha value is -0.940. The van der Waals surface area contributed by atoms with Crippen molar-refractivity contribution < 1.29 is 4.79 Å². The van der Waals surface area contributed by atoms with Gasteiger partial charge >= 0.3 is 0 Å². The standard InChI is InChI=1S/C9H13N3OS/c13-9(7-1-2-10-5-7)12-6-8-11-3-4-14-8/h3-4,7,10H,1-2,5-6H2,(H,12,13)/t7-/m0/s1. The summed E-state index contributed by atoms with van der Waals surface area (Å²) < 4.78 is 0. The molecule has 1 amide bonds. The molecule has 0 bridgehead atoms. The van der Waals surface area contributed by atoms with Gasteiger partial charge in [-0.05, 0) is 13.0 Å². The summed E-state index contributed by atoms with van der Waals surface area (Å²) in [6.45, 7) is 2.33. The highest BCUT2D eigenvalue weighted by Gasteiger charge is 2.21. The molecule has 1 fully saturated rings. The van der Waals surface area contributed by atoms with Gasteiger partial charge in [-0.15, -0.1) is 11.3 Å². The molecule has 2 N–H and O–H groups in total. The average Bonchev–Trinajstić information content (AvgIpc) is 2.87. The van der Waals surface area contributed by atoms with E-state index in [9.17, 15) is 4.79 Å². The molecule has 2 heterocycles. The summed E-state index contributed by atoms with van der Waals surface area (Å²) in [7, 11) is 0. The van der Waals surface area contributed by atoms with E-state index in [1.165, 1.54) is 0 Å². The van der Waals surface area contributed by atoms with Gasteiger partial charge in [0.25, 0.3) is 0 Å². The lowest BCUT2D eigenvalue weighted by Gasteiger charge is -2.07. The molecule has 0 aromatic carbocycles. The van der Waals surface area contributed by atoms with Gasteiger partial charge in [-0.25, -0.2) is 4.98 Å². The SMILES string of the molecule is O=C(NCc1nccs1)[C@H]1CCNC1. The van der Waals surface area contributed by atoms with Crippen LogP contribution in [-0.2, 0) is 11.3 Å². The molecule has 1 aromatic heterocycles. The van der Waals surface area contributed by atoms with E-state index in [1.807, 2.05) is 5.38 Å². The molecule has 0 unspecified atom stereocenters. The van der Waals surface area contributed by atoms with Crippen molar-refractivity contribution in [2.24, 2.45) is 5.92 Å². The van der Waals surface area contributed by atoms with Crippen LogP contribution in [0.15, 0.2) is 11.6 Å². The summed E-state index contributed by atoms with van der Waals surface area (Å²) in [5.74, 6) is 0.292. The Morgan fingerprint density at radius 1 is 1.79 bits per heavy atom. The summed E-state index contributed by atoms with van der Waals surface area (Å²) in [5, 5.41) is 8.95. The fourth-order valence-corrected chi connectivity index (χ4v) is 2.08. The zero-order chi connectivity index (χ0) is 9.80. The molecule has 0 radical (unpaired) electrons. The van der Waals surface area contributed by atoms with Crippen LogP contribution in [0.2, 0.25) is 0 Å². The van der Waals surface area contributed by atoms with E-state index in [0.717, 1.165) is 24.5 Å². The number of hydrogen-bond donors (Lipinski definition) is 2. The van der Waals surface area contributed by atoms with Crippen molar-refractivity contribution in [3.63, 3.8) is 0 Å². The number of amides is 1. The van der Waals surface area contributed by atoms with E-state index in [-0.39, 0.29) is 11.8 Å². The molecule has 2 rings (SSSR count). The van der Waals surface area contributed by atoms with E-state index < -0.39 is 0 Å². The minimum Gasteiger partial charge on any atom is -0.349 e. The van der Waals surface area contributed by atoms with Crippen LogP contribution >= 0.6 is 11.3 Å². The Morgan fingerprint density at radius 2 is 2.71 bits per heavy atom. The normalized spacial score (nSPS) is 21.0. The number of nitrogens with one attached hydrogen (secondary N) is 2. The second-order valence-corrected chi connectivity index (χ2v) is 4.31. The first-order valence-corrected chi connectivity index (χ1v) is 5.61. The van der Waals surface area contributed by atoms with E-state index in [0.29, 0.717) is 6.54 Å². The number of rotatable bonds is 3. The van der Waals surface area contributed by atoms with E-state index in [4.69, 9.17) is 0 Å². The number of hydrogen-bond acceptors (Lipinski definition) is 4.